The summed E-state index contributed by atoms with van der Waals surface area (Å²) >= 11 is 0. The van der Waals surface area contributed by atoms with Crippen LogP contribution in [0.2, 0.25) is 0 Å². The Balaban J connectivity index is 2.69. The number of nitrogens with zero attached hydrogens (tertiary/aromatic N) is 2. The lowest BCUT2D eigenvalue weighted by Crippen LogP contribution is -2.26. The molecule has 1 aromatic rings. The summed E-state index contributed by atoms with van der Waals surface area (Å²) in [4.78, 5) is 6.38. The third kappa shape index (κ3) is 4.71. The van der Waals surface area contributed by atoms with Crippen LogP contribution in [-0.2, 0) is 11.3 Å². The molecule has 17 heavy (non-hydrogen) atoms. The zero-order valence-corrected chi connectivity index (χ0v) is 11.2. The Morgan fingerprint density at radius 3 is 2.88 bits per heavy atom. The Kier molecular flexibility index (Phi) is 5.94. The Labute approximate surface area is 104 Å². The molecular formula is C13H23N3O. The van der Waals surface area contributed by atoms with E-state index in [1.165, 1.54) is 11.3 Å². The number of pyridine rings is 1. The highest BCUT2D eigenvalue weighted by Gasteiger charge is 2.07. The van der Waals surface area contributed by atoms with E-state index in [0.29, 0.717) is 6.04 Å². The number of rotatable bonds is 7. The smallest absolute Gasteiger partial charge is 0.0637 e. The first-order valence-electron chi connectivity index (χ1n) is 6.01. The van der Waals surface area contributed by atoms with Gasteiger partial charge in [-0.1, -0.05) is 13.8 Å². The first-order valence-corrected chi connectivity index (χ1v) is 6.01. The molecular weight excluding hydrogens is 214 g/mol. The largest absolute Gasteiger partial charge is 0.383 e. The maximum absolute atomic E-state index is 5.10. The standard InChI is InChI=1S/C13H23N3O/c1-11(2)15-10-12-9-14-6-5-13(12)16(3)7-8-17-4/h5-6,9,11,15H,7-8,10H2,1-4H3. The molecule has 0 aliphatic carbocycles. The van der Waals surface area contributed by atoms with Crippen molar-refractivity contribution in [2.75, 3.05) is 32.2 Å². The second kappa shape index (κ2) is 7.25. The van der Waals surface area contributed by atoms with E-state index < -0.39 is 0 Å². The molecule has 0 saturated heterocycles. The van der Waals surface area contributed by atoms with Crippen LogP contribution in [0.15, 0.2) is 18.5 Å². The van der Waals surface area contributed by atoms with E-state index >= 15 is 0 Å². The van der Waals surface area contributed by atoms with E-state index in [2.05, 4.69) is 36.1 Å². The fraction of sp³-hybridized carbons (Fsp3) is 0.615. The van der Waals surface area contributed by atoms with Crippen molar-refractivity contribution in [1.82, 2.24) is 10.3 Å². The summed E-state index contributed by atoms with van der Waals surface area (Å²) in [5.74, 6) is 0. The Hall–Kier alpha value is -1.13. The summed E-state index contributed by atoms with van der Waals surface area (Å²) in [6.07, 6.45) is 3.76. The fourth-order valence-electron chi connectivity index (χ4n) is 1.59. The van der Waals surface area contributed by atoms with Gasteiger partial charge in [-0.05, 0) is 6.07 Å². The van der Waals surface area contributed by atoms with Gasteiger partial charge >= 0.3 is 0 Å². The molecule has 0 fully saturated rings. The molecule has 0 aliphatic rings. The molecule has 1 N–H and O–H groups in total. The lowest BCUT2D eigenvalue weighted by Gasteiger charge is -2.22. The maximum atomic E-state index is 5.10. The number of hydrogen-bond donors (Lipinski definition) is 1. The van der Waals surface area contributed by atoms with Crippen molar-refractivity contribution >= 4 is 5.69 Å². The zero-order chi connectivity index (χ0) is 12.7. The fourth-order valence-corrected chi connectivity index (χ4v) is 1.59. The Bertz CT molecular complexity index is 328. The number of anilines is 1. The summed E-state index contributed by atoms with van der Waals surface area (Å²) in [7, 11) is 3.80. The Morgan fingerprint density at radius 2 is 2.24 bits per heavy atom. The molecule has 0 aliphatic heterocycles. The summed E-state index contributed by atoms with van der Waals surface area (Å²) in [6.45, 7) is 6.75. The van der Waals surface area contributed by atoms with Gasteiger partial charge in [-0.15, -0.1) is 0 Å². The zero-order valence-electron chi connectivity index (χ0n) is 11.2. The van der Waals surface area contributed by atoms with Crippen LogP contribution in [0.4, 0.5) is 5.69 Å². The van der Waals surface area contributed by atoms with Crippen LogP contribution < -0.4 is 10.2 Å². The van der Waals surface area contributed by atoms with Crippen molar-refractivity contribution in [1.29, 1.82) is 0 Å². The van der Waals surface area contributed by atoms with Crippen molar-refractivity contribution < 1.29 is 4.74 Å². The van der Waals surface area contributed by atoms with Gasteiger partial charge in [-0.25, -0.2) is 0 Å². The highest BCUT2D eigenvalue weighted by molar-refractivity contribution is 5.51. The van der Waals surface area contributed by atoms with Gasteiger partial charge < -0.3 is 15.0 Å². The van der Waals surface area contributed by atoms with E-state index in [9.17, 15) is 0 Å². The first kappa shape index (κ1) is 13.9. The number of hydrogen-bond acceptors (Lipinski definition) is 4. The summed E-state index contributed by atoms with van der Waals surface area (Å²) in [5, 5.41) is 3.42. The first-order chi connectivity index (χ1) is 8.15. The molecule has 0 radical (unpaired) electrons. The highest BCUT2D eigenvalue weighted by atomic mass is 16.5. The minimum Gasteiger partial charge on any atom is -0.383 e. The summed E-state index contributed by atoms with van der Waals surface area (Å²) in [5.41, 5.74) is 2.44. The monoisotopic (exact) mass is 237 g/mol. The van der Waals surface area contributed by atoms with Gasteiger partial charge in [0.05, 0.1) is 6.61 Å². The lowest BCUT2D eigenvalue weighted by atomic mass is 10.2. The van der Waals surface area contributed by atoms with Gasteiger partial charge in [-0.2, -0.15) is 0 Å². The molecule has 1 aromatic heterocycles. The van der Waals surface area contributed by atoms with Crippen molar-refractivity contribution in [3.05, 3.63) is 24.0 Å². The molecule has 1 heterocycles. The van der Waals surface area contributed by atoms with Crippen LogP contribution in [0, 0.1) is 0 Å². The second-order valence-electron chi connectivity index (χ2n) is 4.45. The molecule has 0 aromatic carbocycles. The minimum absolute atomic E-state index is 0.479. The topological polar surface area (TPSA) is 37.4 Å². The van der Waals surface area contributed by atoms with Crippen LogP contribution >= 0.6 is 0 Å². The summed E-state index contributed by atoms with van der Waals surface area (Å²) in [6, 6.07) is 2.53. The van der Waals surface area contributed by atoms with Gasteiger partial charge in [-0.3, -0.25) is 4.98 Å². The van der Waals surface area contributed by atoms with Crippen LogP contribution in [-0.4, -0.2) is 38.3 Å². The van der Waals surface area contributed by atoms with Crippen LogP contribution in [0.25, 0.3) is 0 Å². The van der Waals surface area contributed by atoms with Crippen LogP contribution in [0.1, 0.15) is 19.4 Å². The van der Waals surface area contributed by atoms with Crippen molar-refractivity contribution in [3.8, 4) is 0 Å². The van der Waals surface area contributed by atoms with Gasteiger partial charge in [0.1, 0.15) is 0 Å². The van der Waals surface area contributed by atoms with E-state index in [4.69, 9.17) is 4.74 Å². The maximum Gasteiger partial charge on any atom is 0.0637 e. The molecule has 4 heteroatoms. The van der Waals surface area contributed by atoms with E-state index in [0.717, 1.165) is 19.7 Å². The average molecular weight is 237 g/mol. The predicted octanol–water partition coefficient (Wildman–Crippen LogP) is 1.66. The SMILES string of the molecule is COCCN(C)c1ccncc1CNC(C)C. The predicted molar refractivity (Wildman–Crippen MR) is 71.4 cm³/mol. The van der Waals surface area contributed by atoms with Crippen molar-refractivity contribution in [3.63, 3.8) is 0 Å². The number of methoxy groups -OCH3 is 1. The molecule has 0 bridgehead atoms. The molecule has 1 rings (SSSR count). The van der Waals surface area contributed by atoms with Gasteiger partial charge in [0, 0.05) is 56.9 Å². The number of nitrogens with one attached hydrogen (secondary N) is 1. The molecule has 0 amide bonds. The third-order valence-corrected chi connectivity index (χ3v) is 2.62. The summed E-state index contributed by atoms with van der Waals surface area (Å²) < 4.78 is 5.10. The normalized spacial score (nSPS) is 10.9. The lowest BCUT2D eigenvalue weighted by molar-refractivity contribution is 0.206. The number of ether oxygens (including phenoxy) is 1. The van der Waals surface area contributed by atoms with E-state index in [1.807, 2.05) is 18.5 Å². The highest BCUT2D eigenvalue weighted by Crippen LogP contribution is 2.17. The number of likely N-dealkylation sites (N-methyl/N-ethyl adjacent to an activating group) is 1. The molecule has 96 valence electrons. The van der Waals surface area contributed by atoms with Crippen LogP contribution in [0.3, 0.4) is 0 Å². The molecule has 0 saturated carbocycles. The van der Waals surface area contributed by atoms with Gasteiger partial charge in [0.25, 0.3) is 0 Å². The molecule has 4 nitrogen and oxygen atoms in total. The third-order valence-electron chi connectivity index (χ3n) is 2.62. The van der Waals surface area contributed by atoms with Crippen molar-refractivity contribution in [2.24, 2.45) is 0 Å². The van der Waals surface area contributed by atoms with Gasteiger partial charge in [0.2, 0.25) is 0 Å². The van der Waals surface area contributed by atoms with E-state index in [-0.39, 0.29) is 0 Å². The molecule has 0 spiro atoms. The Morgan fingerprint density at radius 1 is 1.47 bits per heavy atom. The minimum atomic E-state index is 0.479. The van der Waals surface area contributed by atoms with Crippen LogP contribution in [0.5, 0.6) is 0 Å². The van der Waals surface area contributed by atoms with Gasteiger partial charge in [0.15, 0.2) is 0 Å². The average Bonchev–Trinajstić information content (AvgIpc) is 2.33. The quantitative estimate of drug-likeness (QED) is 0.782. The molecule has 0 unspecified atom stereocenters. The second-order valence-corrected chi connectivity index (χ2v) is 4.45. The van der Waals surface area contributed by atoms with Crippen molar-refractivity contribution in [2.45, 2.75) is 26.4 Å². The number of aromatic nitrogens is 1. The van der Waals surface area contributed by atoms with E-state index in [1.54, 1.807) is 7.11 Å². The molecule has 0 atom stereocenters.